The van der Waals surface area contributed by atoms with Crippen LogP contribution in [0.25, 0.3) is 0 Å². The van der Waals surface area contributed by atoms with Crippen molar-refractivity contribution in [3.63, 3.8) is 0 Å². The molecule has 2 fully saturated rings. The molecule has 0 saturated heterocycles. The first-order chi connectivity index (χ1) is 6.02. The molecule has 0 bridgehead atoms. The Kier molecular flexibility index (Phi) is 1.99. The molecule has 0 aromatic heterocycles. The Hall–Kier alpha value is -0.370. The van der Waals surface area contributed by atoms with E-state index < -0.39 is 5.60 Å². The van der Waals surface area contributed by atoms with Gasteiger partial charge in [0.1, 0.15) is 5.78 Å². The SMILES string of the molecule is CC(=O)[C@@H]1[C@H]2CCC[C@H]2C[C@]1(C)O. The highest BCUT2D eigenvalue weighted by Gasteiger charge is 2.53. The fourth-order valence-corrected chi connectivity index (χ4v) is 3.62. The standard InChI is InChI=1S/C11H18O2/c1-7(12)10-9-5-3-4-8(9)6-11(10,2)13/h8-10,13H,3-6H2,1-2H3/t8-,9-,10+,11-/m0/s1. The molecule has 0 unspecified atom stereocenters. The van der Waals surface area contributed by atoms with Crippen LogP contribution < -0.4 is 0 Å². The van der Waals surface area contributed by atoms with Crippen LogP contribution in [0.15, 0.2) is 0 Å². The highest BCUT2D eigenvalue weighted by Crippen LogP contribution is 2.52. The Labute approximate surface area is 79.3 Å². The topological polar surface area (TPSA) is 37.3 Å². The first kappa shape index (κ1) is 9.20. The molecular weight excluding hydrogens is 164 g/mol. The second-order valence-corrected chi connectivity index (χ2v) is 5.00. The molecule has 2 aliphatic rings. The van der Waals surface area contributed by atoms with Gasteiger partial charge in [0.25, 0.3) is 0 Å². The average molecular weight is 182 g/mol. The fraction of sp³-hybridized carbons (Fsp3) is 0.909. The van der Waals surface area contributed by atoms with E-state index in [-0.39, 0.29) is 11.7 Å². The van der Waals surface area contributed by atoms with Crippen LogP contribution in [0.3, 0.4) is 0 Å². The molecule has 2 heteroatoms. The lowest BCUT2D eigenvalue weighted by atomic mass is 9.83. The van der Waals surface area contributed by atoms with Crippen LogP contribution in [0, 0.1) is 17.8 Å². The Morgan fingerprint density at radius 1 is 1.46 bits per heavy atom. The minimum absolute atomic E-state index is 0.0833. The summed E-state index contributed by atoms with van der Waals surface area (Å²) in [5.74, 6) is 1.19. The zero-order valence-corrected chi connectivity index (χ0v) is 8.42. The number of Topliss-reactive ketones (excluding diaryl/α,β-unsaturated/α-hetero) is 1. The lowest BCUT2D eigenvalue weighted by molar-refractivity contribution is -0.128. The third-order valence-corrected chi connectivity index (χ3v) is 3.93. The highest BCUT2D eigenvalue weighted by molar-refractivity contribution is 5.80. The number of hydrogen-bond donors (Lipinski definition) is 1. The normalized spacial score (nSPS) is 49.3. The van der Waals surface area contributed by atoms with Crippen LogP contribution in [-0.4, -0.2) is 16.5 Å². The molecule has 1 N–H and O–H groups in total. The minimum Gasteiger partial charge on any atom is -0.389 e. The van der Waals surface area contributed by atoms with Crippen molar-refractivity contribution in [2.45, 2.75) is 45.1 Å². The Morgan fingerprint density at radius 3 is 2.77 bits per heavy atom. The number of carbonyl (C=O) groups excluding carboxylic acids is 1. The van der Waals surface area contributed by atoms with Gasteiger partial charge in [-0.05, 0) is 38.5 Å². The van der Waals surface area contributed by atoms with Gasteiger partial charge in [-0.15, -0.1) is 0 Å². The average Bonchev–Trinajstić information content (AvgIpc) is 2.41. The van der Waals surface area contributed by atoms with Crippen LogP contribution in [0.5, 0.6) is 0 Å². The quantitative estimate of drug-likeness (QED) is 0.671. The first-order valence-electron chi connectivity index (χ1n) is 5.25. The molecule has 0 aliphatic heterocycles. The van der Waals surface area contributed by atoms with Crippen molar-refractivity contribution in [1.82, 2.24) is 0 Å². The summed E-state index contributed by atoms with van der Waals surface area (Å²) in [6.07, 6.45) is 4.44. The van der Waals surface area contributed by atoms with E-state index in [2.05, 4.69) is 0 Å². The smallest absolute Gasteiger partial charge is 0.136 e. The summed E-state index contributed by atoms with van der Waals surface area (Å²) in [5, 5.41) is 10.1. The van der Waals surface area contributed by atoms with E-state index in [4.69, 9.17) is 0 Å². The molecule has 0 amide bonds. The van der Waals surface area contributed by atoms with Crippen molar-refractivity contribution in [3.8, 4) is 0 Å². The second-order valence-electron chi connectivity index (χ2n) is 5.00. The van der Waals surface area contributed by atoms with Gasteiger partial charge in [0.2, 0.25) is 0 Å². The highest BCUT2D eigenvalue weighted by atomic mass is 16.3. The van der Waals surface area contributed by atoms with E-state index in [1.807, 2.05) is 6.92 Å². The maximum Gasteiger partial charge on any atom is 0.136 e. The van der Waals surface area contributed by atoms with E-state index in [1.165, 1.54) is 12.8 Å². The van der Waals surface area contributed by atoms with Gasteiger partial charge in [-0.2, -0.15) is 0 Å². The summed E-state index contributed by atoms with van der Waals surface area (Å²) in [7, 11) is 0. The monoisotopic (exact) mass is 182 g/mol. The molecule has 2 aliphatic carbocycles. The third-order valence-electron chi connectivity index (χ3n) is 3.93. The van der Waals surface area contributed by atoms with Crippen LogP contribution in [0.2, 0.25) is 0 Å². The minimum atomic E-state index is -0.721. The number of rotatable bonds is 1. The van der Waals surface area contributed by atoms with Crippen molar-refractivity contribution >= 4 is 5.78 Å². The molecule has 0 aromatic carbocycles. The molecule has 0 heterocycles. The van der Waals surface area contributed by atoms with Gasteiger partial charge in [0.15, 0.2) is 0 Å². The summed E-state index contributed by atoms with van der Waals surface area (Å²) in [6, 6.07) is 0. The van der Waals surface area contributed by atoms with E-state index in [0.29, 0.717) is 11.8 Å². The lowest BCUT2D eigenvalue weighted by Crippen LogP contribution is -2.36. The van der Waals surface area contributed by atoms with E-state index in [1.54, 1.807) is 6.92 Å². The molecule has 0 aromatic rings. The molecule has 13 heavy (non-hydrogen) atoms. The van der Waals surface area contributed by atoms with Crippen molar-refractivity contribution in [1.29, 1.82) is 0 Å². The predicted molar refractivity (Wildman–Crippen MR) is 50.2 cm³/mol. The van der Waals surface area contributed by atoms with Gasteiger partial charge in [0.05, 0.1) is 5.60 Å². The molecule has 74 valence electrons. The van der Waals surface area contributed by atoms with E-state index in [0.717, 1.165) is 12.8 Å². The van der Waals surface area contributed by atoms with E-state index in [9.17, 15) is 9.90 Å². The molecule has 2 rings (SSSR count). The zero-order chi connectivity index (χ0) is 9.64. The summed E-state index contributed by atoms with van der Waals surface area (Å²) >= 11 is 0. The van der Waals surface area contributed by atoms with Crippen molar-refractivity contribution in [3.05, 3.63) is 0 Å². The summed E-state index contributed by atoms with van der Waals surface area (Å²) in [4.78, 5) is 11.4. The van der Waals surface area contributed by atoms with Gasteiger partial charge in [-0.1, -0.05) is 12.8 Å². The number of carbonyl (C=O) groups is 1. The zero-order valence-electron chi connectivity index (χ0n) is 8.42. The van der Waals surface area contributed by atoms with Crippen LogP contribution in [0.1, 0.15) is 39.5 Å². The van der Waals surface area contributed by atoms with Crippen molar-refractivity contribution < 1.29 is 9.90 Å². The first-order valence-corrected chi connectivity index (χ1v) is 5.25. The summed E-state index contributed by atoms with van der Waals surface area (Å²) in [5.41, 5.74) is -0.721. The number of ketones is 1. The lowest BCUT2D eigenvalue weighted by Gasteiger charge is -2.26. The Balaban J connectivity index is 2.25. The molecular formula is C11H18O2. The third kappa shape index (κ3) is 1.32. The largest absolute Gasteiger partial charge is 0.389 e. The molecule has 4 atom stereocenters. The van der Waals surface area contributed by atoms with Gasteiger partial charge in [-0.25, -0.2) is 0 Å². The number of hydrogen-bond acceptors (Lipinski definition) is 2. The maximum absolute atomic E-state index is 11.4. The van der Waals surface area contributed by atoms with E-state index >= 15 is 0 Å². The van der Waals surface area contributed by atoms with Crippen molar-refractivity contribution in [2.75, 3.05) is 0 Å². The molecule has 2 saturated carbocycles. The summed E-state index contributed by atoms with van der Waals surface area (Å²) in [6.45, 7) is 3.46. The van der Waals surface area contributed by atoms with Gasteiger partial charge in [-0.3, -0.25) is 4.79 Å². The van der Waals surface area contributed by atoms with Gasteiger partial charge in [0, 0.05) is 5.92 Å². The van der Waals surface area contributed by atoms with Crippen molar-refractivity contribution in [2.24, 2.45) is 17.8 Å². The predicted octanol–water partition coefficient (Wildman–Crippen LogP) is 1.76. The Morgan fingerprint density at radius 2 is 2.15 bits per heavy atom. The molecule has 2 nitrogen and oxygen atoms in total. The van der Waals surface area contributed by atoms with Crippen LogP contribution >= 0.6 is 0 Å². The van der Waals surface area contributed by atoms with Gasteiger partial charge >= 0.3 is 0 Å². The fourth-order valence-electron chi connectivity index (χ4n) is 3.62. The Bertz CT molecular complexity index is 232. The molecule has 0 spiro atoms. The maximum atomic E-state index is 11.4. The van der Waals surface area contributed by atoms with Crippen LogP contribution in [0.4, 0.5) is 0 Å². The summed E-state index contributed by atoms with van der Waals surface area (Å²) < 4.78 is 0. The number of fused-ring (bicyclic) bond motifs is 1. The molecule has 0 radical (unpaired) electrons. The number of aliphatic hydroxyl groups is 1. The van der Waals surface area contributed by atoms with Crippen LogP contribution in [-0.2, 0) is 4.79 Å². The second kappa shape index (κ2) is 2.81. The van der Waals surface area contributed by atoms with Gasteiger partial charge < -0.3 is 5.11 Å².